The van der Waals surface area contributed by atoms with Crippen molar-refractivity contribution in [3.8, 4) is 5.75 Å². The molecule has 0 saturated carbocycles. The summed E-state index contributed by atoms with van der Waals surface area (Å²) >= 11 is 0. The summed E-state index contributed by atoms with van der Waals surface area (Å²) in [6.07, 6.45) is 21.0. The van der Waals surface area contributed by atoms with Crippen molar-refractivity contribution in [1.82, 2.24) is 5.32 Å². The number of amides is 1. The van der Waals surface area contributed by atoms with Crippen molar-refractivity contribution in [2.75, 3.05) is 6.61 Å². The Morgan fingerprint density at radius 3 is 1.92 bits per heavy atom. The summed E-state index contributed by atoms with van der Waals surface area (Å²) < 4.78 is 8.08. The van der Waals surface area contributed by atoms with Crippen LogP contribution in [0.4, 0.5) is 0 Å². The highest BCUT2D eigenvalue weighted by atomic mass is 127. The highest BCUT2D eigenvalue weighted by Crippen LogP contribution is 2.25. The first kappa shape index (κ1) is 33.4. The molecule has 1 atom stereocenters. The number of nitrogens with zero attached hydrogens (tertiary/aromatic N) is 1. The molecular weight excluding hydrogens is 571 g/mol. The van der Waals surface area contributed by atoms with Gasteiger partial charge in [-0.2, -0.15) is 0 Å². The van der Waals surface area contributed by atoms with E-state index in [-0.39, 0.29) is 35.9 Å². The van der Waals surface area contributed by atoms with Gasteiger partial charge in [0, 0.05) is 12.1 Å². The zero-order chi connectivity index (χ0) is 26.0. The van der Waals surface area contributed by atoms with Gasteiger partial charge in [0.2, 0.25) is 0 Å². The van der Waals surface area contributed by atoms with E-state index in [0.717, 1.165) is 42.9 Å². The fraction of sp³-hybridized carbons (Fsp3) is 0.625. The van der Waals surface area contributed by atoms with Gasteiger partial charge < -0.3 is 34.0 Å². The first-order valence-corrected chi connectivity index (χ1v) is 14.6. The van der Waals surface area contributed by atoms with Crippen LogP contribution in [0.25, 0.3) is 0 Å². The molecule has 1 heterocycles. The molecule has 0 fully saturated rings. The molecule has 37 heavy (non-hydrogen) atoms. The van der Waals surface area contributed by atoms with Crippen LogP contribution < -0.4 is 38.6 Å². The maximum absolute atomic E-state index is 12.8. The van der Waals surface area contributed by atoms with E-state index in [9.17, 15) is 4.79 Å². The lowest BCUT2D eigenvalue weighted by molar-refractivity contribution is -0.693. The molecular formula is C32H51IN2O2. The molecule has 0 aliphatic heterocycles. The van der Waals surface area contributed by atoms with Gasteiger partial charge in [-0.15, -0.1) is 0 Å². The second-order valence-corrected chi connectivity index (χ2v) is 10.1. The molecule has 1 amide bonds. The summed E-state index contributed by atoms with van der Waals surface area (Å²) in [5, 5.41) is 3.20. The van der Waals surface area contributed by atoms with Crippen molar-refractivity contribution in [1.29, 1.82) is 0 Å². The molecule has 2 rings (SSSR count). The molecule has 208 valence electrons. The van der Waals surface area contributed by atoms with E-state index in [1.807, 2.05) is 35.2 Å². The maximum Gasteiger partial charge on any atom is 0.252 e. The Kier molecular flexibility index (Phi) is 18.4. The molecule has 0 spiro atoms. The van der Waals surface area contributed by atoms with Crippen molar-refractivity contribution >= 4 is 5.91 Å². The molecule has 1 unspecified atom stereocenters. The van der Waals surface area contributed by atoms with Crippen LogP contribution in [-0.2, 0) is 6.54 Å². The largest absolute Gasteiger partial charge is 1.00 e. The van der Waals surface area contributed by atoms with Gasteiger partial charge in [-0.3, -0.25) is 4.79 Å². The summed E-state index contributed by atoms with van der Waals surface area (Å²) in [7, 11) is 0. The Bertz CT molecular complexity index is 870. The molecule has 5 heteroatoms. The number of hydrogen-bond donors (Lipinski definition) is 1. The fourth-order valence-electron chi connectivity index (χ4n) is 4.72. The van der Waals surface area contributed by atoms with Gasteiger partial charge in [-0.1, -0.05) is 90.5 Å². The van der Waals surface area contributed by atoms with E-state index in [1.54, 1.807) is 0 Å². The highest BCUT2D eigenvalue weighted by Gasteiger charge is 2.17. The number of unbranched alkanes of at least 4 members (excludes halogenated alkanes) is 11. The van der Waals surface area contributed by atoms with E-state index in [0.29, 0.717) is 5.56 Å². The maximum atomic E-state index is 12.8. The van der Waals surface area contributed by atoms with Crippen LogP contribution in [0.2, 0.25) is 0 Å². The third-order valence-corrected chi connectivity index (χ3v) is 7.12. The van der Waals surface area contributed by atoms with Crippen molar-refractivity contribution in [2.45, 2.75) is 124 Å². The number of carbonyl (C=O) groups is 1. The van der Waals surface area contributed by atoms with Gasteiger partial charge in [0.1, 0.15) is 12.3 Å². The van der Waals surface area contributed by atoms with Crippen LogP contribution in [-0.4, -0.2) is 12.5 Å². The smallest absolute Gasteiger partial charge is 0.252 e. The first-order chi connectivity index (χ1) is 17.6. The van der Waals surface area contributed by atoms with Crippen molar-refractivity contribution in [3.63, 3.8) is 0 Å². The lowest BCUT2D eigenvalue weighted by atomic mass is 9.98. The number of aryl methyl sites for hydroxylation is 2. The average Bonchev–Trinajstić information content (AvgIpc) is 2.90. The van der Waals surface area contributed by atoms with Crippen LogP contribution >= 0.6 is 0 Å². The van der Waals surface area contributed by atoms with Gasteiger partial charge in [0.05, 0.1) is 18.2 Å². The Morgan fingerprint density at radius 2 is 1.41 bits per heavy atom. The molecule has 0 aliphatic rings. The number of carbonyl (C=O) groups excluding carboxylic acids is 1. The molecule has 1 aromatic heterocycles. The number of nitrogens with one attached hydrogen (secondary N) is 1. The van der Waals surface area contributed by atoms with Gasteiger partial charge in [-0.25, -0.2) is 4.57 Å². The Labute approximate surface area is 244 Å². The van der Waals surface area contributed by atoms with Gasteiger partial charge >= 0.3 is 0 Å². The first-order valence-electron chi connectivity index (χ1n) is 14.6. The zero-order valence-corrected chi connectivity index (χ0v) is 26.0. The Balaban J connectivity index is 0.00000684. The van der Waals surface area contributed by atoms with E-state index in [2.05, 4.69) is 45.1 Å². The normalized spacial score (nSPS) is 11.6. The van der Waals surface area contributed by atoms with Crippen LogP contribution in [0.3, 0.4) is 0 Å². The van der Waals surface area contributed by atoms with Gasteiger partial charge in [0.25, 0.3) is 5.91 Å². The number of hydrogen-bond acceptors (Lipinski definition) is 2. The molecule has 2 aromatic rings. The Morgan fingerprint density at radius 1 is 0.838 bits per heavy atom. The summed E-state index contributed by atoms with van der Waals surface area (Å²) in [5.74, 6) is 0.893. The Hall–Kier alpha value is -1.63. The third-order valence-electron chi connectivity index (χ3n) is 7.12. The number of benzene rings is 1. The number of rotatable bonds is 19. The van der Waals surface area contributed by atoms with Crippen molar-refractivity contribution in [3.05, 3.63) is 59.4 Å². The predicted octanol–water partition coefficient (Wildman–Crippen LogP) is 5.27. The SMILES string of the molecule is CCCCCCCCCCCCCCOc1ccc(C(CC)NC(=O)c2cc[n+](CC)cc2)c(C)c1.[I-]. The lowest BCUT2D eigenvalue weighted by Crippen LogP contribution is -3.00. The zero-order valence-electron chi connectivity index (χ0n) is 23.9. The summed E-state index contributed by atoms with van der Waals surface area (Å²) in [6, 6.07) is 10.0. The minimum Gasteiger partial charge on any atom is -1.00 e. The lowest BCUT2D eigenvalue weighted by Gasteiger charge is -2.20. The van der Waals surface area contributed by atoms with Gasteiger partial charge in [0.15, 0.2) is 12.4 Å². The van der Waals surface area contributed by atoms with E-state index in [1.165, 1.54) is 70.6 Å². The average molecular weight is 623 g/mol. The van der Waals surface area contributed by atoms with E-state index in [4.69, 9.17) is 4.74 Å². The second kappa shape index (κ2) is 20.3. The summed E-state index contributed by atoms with van der Waals surface area (Å²) in [6.45, 7) is 10.2. The number of halogens is 1. The minimum atomic E-state index is -0.0307. The molecule has 0 aliphatic carbocycles. The van der Waals surface area contributed by atoms with Crippen LogP contribution in [0, 0.1) is 6.92 Å². The molecule has 4 nitrogen and oxygen atoms in total. The third kappa shape index (κ3) is 13.1. The number of ether oxygens (including phenoxy) is 1. The van der Waals surface area contributed by atoms with Crippen LogP contribution in [0.1, 0.15) is 132 Å². The summed E-state index contributed by atoms with van der Waals surface area (Å²) in [5.41, 5.74) is 3.01. The molecule has 0 radical (unpaired) electrons. The van der Waals surface area contributed by atoms with Crippen molar-refractivity contribution < 1.29 is 38.1 Å². The molecule has 0 bridgehead atoms. The van der Waals surface area contributed by atoms with Gasteiger partial charge in [-0.05, 0) is 49.9 Å². The quantitative estimate of drug-likeness (QED) is 0.132. The standard InChI is InChI=1S/C32H50N2O2.HI/c1-5-8-9-10-11-12-13-14-15-16-17-18-25-36-29-19-20-30(27(4)26-29)31(6-2)33-32(35)28-21-23-34(7-3)24-22-28;/h19-24,26,31H,5-18,25H2,1-4H3;1H. The molecule has 0 saturated heterocycles. The monoisotopic (exact) mass is 622 g/mol. The molecule has 1 N–H and O–H groups in total. The predicted molar refractivity (Wildman–Crippen MR) is 151 cm³/mol. The van der Waals surface area contributed by atoms with Crippen molar-refractivity contribution in [2.24, 2.45) is 0 Å². The van der Waals surface area contributed by atoms with Crippen LogP contribution in [0.15, 0.2) is 42.7 Å². The van der Waals surface area contributed by atoms with E-state index < -0.39 is 0 Å². The van der Waals surface area contributed by atoms with E-state index >= 15 is 0 Å². The highest BCUT2D eigenvalue weighted by molar-refractivity contribution is 5.94. The summed E-state index contributed by atoms with van der Waals surface area (Å²) in [4.78, 5) is 12.8. The number of aromatic nitrogens is 1. The molecule has 1 aromatic carbocycles. The second-order valence-electron chi connectivity index (χ2n) is 10.1. The van der Waals surface area contributed by atoms with Crippen LogP contribution in [0.5, 0.6) is 5.75 Å². The number of pyridine rings is 1. The topological polar surface area (TPSA) is 42.2 Å². The fourth-order valence-corrected chi connectivity index (χ4v) is 4.72. The minimum absolute atomic E-state index is 0.